The first-order valence-electron chi connectivity index (χ1n) is 10.1. The van der Waals surface area contributed by atoms with Crippen LogP contribution in [0.5, 0.6) is 0 Å². The number of rotatable bonds is 2. The first kappa shape index (κ1) is 18.8. The molecule has 1 aliphatic heterocycles. The number of carbonyl (C=O) groups is 1. The number of carbonyl (C=O) groups excluding carboxylic acids is 1. The summed E-state index contributed by atoms with van der Waals surface area (Å²) in [4.78, 5) is 18.7. The standard InChI is InChI=1S/C23H29N3O2/c1-22(2,3)28-21(27)26-14-11-23(12-15-26)16-19(17-8-4-5-9-18(17)23)25-20-10-6-7-13-24-20/h4-10,13,19H,11-12,14-16H2,1-3H3,(H,24,25). The van der Waals surface area contributed by atoms with Gasteiger partial charge in [-0.2, -0.15) is 0 Å². The van der Waals surface area contributed by atoms with Gasteiger partial charge in [-0.05, 0) is 63.3 Å². The van der Waals surface area contributed by atoms with Crippen molar-refractivity contribution in [2.75, 3.05) is 18.4 Å². The van der Waals surface area contributed by atoms with Crippen molar-refractivity contribution in [1.29, 1.82) is 0 Å². The lowest BCUT2D eigenvalue weighted by molar-refractivity contribution is 0.0162. The van der Waals surface area contributed by atoms with Crippen LogP contribution in [-0.2, 0) is 10.2 Å². The lowest BCUT2D eigenvalue weighted by atomic mass is 9.73. The lowest BCUT2D eigenvalue weighted by Gasteiger charge is -2.40. The summed E-state index contributed by atoms with van der Waals surface area (Å²) in [5.74, 6) is 0.908. The number of likely N-dealkylation sites (tertiary alicyclic amines) is 1. The molecule has 1 fully saturated rings. The molecule has 2 aliphatic rings. The van der Waals surface area contributed by atoms with Crippen LogP contribution in [0.4, 0.5) is 10.6 Å². The van der Waals surface area contributed by atoms with Gasteiger partial charge in [-0.25, -0.2) is 9.78 Å². The summed E-state index contributed by atoms with van der Waals surface area (Å²) in [6.07, 6.45) is 4.58. The second-order valence-corrected chi connectivity index (χ2v) is 8.95. The van der Waals surface area contributed by atoms with E-state index in [9.17, 15) is 4.79 Å². The van der Waals surface area contributed by atoms with Crippen molar-refractivity contribution in [3.8, 4) is 0 Å². The number of ether oxygens (including phenoxy) is 1. The molecule has 1 amide bonds. The summed E-state index contributed by atoms with van der Waals surface area (Å²) >= 11 is 0. The van der Waals surface area contributed by atoms with Crippen LogP contribution >= 0.6 is 0 Å². The van der Waals surface area contributed by atoms with E-state index in [1.165, 1.54) is 11.1 Å². The summed E-state index contributed by atoms with van der Waals surface area (Å²) in [6.45, 7) is 7.21. The minimum absolute atomic E-state index is 0.113. The number of fused-ring (bicyclic) bond motifs is 2. The Morgan fingerprint density at radius 3 is 2.54 bits per heavy atom. The molecule has 1 aromatic heterocycles. The number of pyridine rings is 1. The van der Waals surface area contributed by atoms with Gasteiger partial charge in [0.15, 0.2) is 0 Å². The van der Waals surface area contributed by atoms with Crippen molar-refractivity contribution < 1.29 is 9.53 Å². The Kier molecular flexibility index (Phi) is 4.77. The van der Waals surface area contributed by atoms with E-state index in [2.05, 4.69) is 34.6 Å². The van der Waals surface area contributed by atoms with E-state index in [1.807, 2.05) is 50.1 Å². The third-order valence-corrected chi connectivity index (χ3v) is 5.86. The van der Waals surface area contributed by atoms with E-state index in [-0.39, 0.29) is 17.6 Å². The lowest BCUT2D eigenvalue weighted by Crippen LogP contribution is -2.46. The van der Waals surface area contributed by atoms with Gasteiger partial charge in [-0.15, -0.1) is 0 Å². The highest BCUT2D eigenvalue weighted by Crippen LogP contribution is 2.51. The molecule has 0 saturated carbocycles. The monoisotopic (exact) mass is 379 g/mol. The smallest absolute Gasteiger partial charge is 0.410 e. The summed E-state index contributed by atoms with van der Waals surface area (Å²) < 4.78 is 5.56. The Morgan fingerprint density at radius 2 is 1.86 bits per heavy atom. The molecule has 1 atom stereocenters. The SMILES string of the molecule is CC(C)(C)OC(=O)N1CCC2(CC1)CC(Nc1ccccn1)c1ccccc12. The van der Waals surface area contributed by atoms with Gasteiger partial charge in [-0.3, -0.25) is 0 Å². The van der Waals surface area contributed by atoms with Crippen LogP contribution in [0.3, 0.4) is 0 Å². The quantitative estimate of drug-likeness (QED) is 0.806. The average Bonchev–Trinajstić information content (AvgIpc) is 2.95. The molecular formula is C23H29N3O2. The largest absolute Gasteiger partial charge is 0.444 e. The molecule has 4 rings (SSSR count). The predicted octanol–water partition coefficient (Wildman–Crippen LogP) is 4.91. The van der Waals surface area contributed by atoms with E-state index in [1.54, 1.807) is 0 Å². The minimum atomic E-state index is -0.454. The zero-order valence-corrected chi connectivity index (χ0v) is 16.9. The molecule has 1 aliphatic carbocycles. The van der Waals surface area contributed by atoms with Gasteiger partial charge in [0.25, 0.3) is 0 Å². The Bertz CT molecular complexity index is 836. The van der Waals surface area contributed by atoms with Gasteiger partial charge in [0, 0.05) is 24.7 Å². The number of piperidine rings is 1. The Hall–Kier alpha value is -2.56. The molecule has 0 bridgehead atoms. The highest BCUT2D eigenvalue weighted by Gasteiger charge is 2.46. The highest BCUT2D eigenvalue weighted by molar-refractivity contribution is 5.68. The summed E-state index contributed by atoms with van der Waals surface area (Å²) in [5.41, 5.74) is 2.44. The third kappa shape index (κ3) is 3.71. The normalized spacial score (nSPS) is 20.7. The number of hydrogen-bond donors (Lipinski definition) is 1. The van der Waals surface area contributed by atoms with Crippen LogP contribution in [0.15, 0.2) is 48.7 Å². The predicted molar refractivity (Wildman–Crippen MR) is 110 cm³/mol. The molecule has 1 unspecified atom stereocenters. The fraction of sp³-hybridized carbons (Fsp3) is 0.478. The van der Waals surface area contributed by atoms with Crippen molar-refractivity contribution in [2.24, 2.45) is 0 Å². The fourth-order valence-electron chi connectivity index (χ4n) is 4.57. The zero-order valence-electron chi connectivity index (χ0n) is 16.9. The summed E-state index contributed by atoms with van der Waals surface area (Å²) in [5, 5.41) is 3.62. The molecular weight excluding hydrogens is 350 g/mol. The van der Waals surface area contributed by atoms with Crippen LogP contribution in [0.25, 0.3) is 0 Å². The zero-order chi connectivity index (χ0) is 19.8. The topological polar surface area (TPSA) is 54.5 Å². The third-order valence-electron chi connectivity index (χ3n) is 5.86. The van der Waals surface area contributed by atoms with Crippen LogP contribution in [0.2, 0.25) is 0 Å². The van der Waals surface area contributed by atoms with Gasteiger partial charge in [0.05, 0.1) is 6.04 Å². The number of amides is 1. The first-order chi connectivity index (χ1) is 13.4. The van der Waals surface area contributed by atoms with Crippen LogP contribution in [0, 0.1) is 0 Å². The maximum Gasteiger partial charge on any atom is 0.410 e. The number of benzene rings is 1. The van der Waals surface area contributed by atoms with Gasteiger partial charge in [0.1, 0.15) is 11.4 Å². The molecule has 5 heteroatoms. The van der Waals surface area contributed by atoms with Crippen LogP contribution in [-0.4, -0.2) is 34.7 Å². The van der Waals surface area contributed by atoms with E-state index in [0.29, 0.717) is 0 Å². The molecule has 148 valence electrons. The molecule has 1 spiro atoms. The average molecular weight is 380 g/mol. The molecule has 1 N–H and O–H groups in total. The first-order valence-corrected chi connectivity index (χ1v) is 10.1. The molecule has 0 radical (unpaired) electrons. The molecule has 1 aromatic carbocycles. The van der Waals surface area contributed by atoms with Gasteiger partial charge in [0.2, 0.25) is 0 Å². The second-order valence-electron chi connectivity index (χ2n) is 8.95. The Labute approximate surface area is 167 Å². The Morgan fingerprint density at radius 1 is 1.14 bits per heavy atom. The Balaban J connectivity index is 1.51. The van der Waals surface area contributed by atoms with Gasteiger partial charge >= 0.3 is 6.09 Å². The minimum Gasteiger partial charge on any atom is -0.444 e. The molecule has 28 heavy (non-hydrogen) atoms. The molecule has 2 aromatic rings. The molecule has 5 nitrogen and oxygen atoms in total. The summed E-state index contributed by atoms with van der Waals surface area (Å²) in [7, 11) is 0. The maximum atomic E-state index is 12.5. The highest BCUT2D eigenvalue weighted by atomic mass is 16.6. The van der Waals surface area contributed by atoms with Gasteiger partial charge in [-0.1, -0.05) is 30.3 Å². The van der Waals surface area contributed by atoms with Crippen molar-refractivity contribution in [2.45, 2.75) is 57.1 Å². The van der Waals surface area contributed by atoms with Crippen LogP contribution < -0.4 is 5.32 Å². The van der Waals surface area contributed by atoms with E-state index in [0.717, 1.165) is 38.2 Å². The summed E-state index contributed by atoms with van der Waals surface area (Å²) in [6, 6.07) is 14.9. The number of aromatic nitrogens is 1. The number of hydrogen-bond acceptors (Lipinski definition) is 4. The van der Waals surface area contributed by atoms with Crippen molar-refractivity contribution in [3.63, 3.8) is 0 Å². The van der Waals surface area contributed by atoms with Crippen LogP contribution in [0.1, 0.15) is 57.2 Å². The number of anilines is 1. The van der Waals surface area contributed by atoms with E-state index >= 15 is 0 Å². The molecule has 1 saturated heterocycles. The molecule has 2 heterocycles. The van der Waals surface area contributed by atoms with E-state index in [4.69, 9.17) is 4.74 Å². The van der Waals surface area contributed by atoms with Crippen molar-refractivity contribution in [3.05, 3.63) is 59.8 Å². The number of nitrogens with one attached hydrogen (secondary N) is 1. The van der Waals surface area contributed by atoms with Crippen molar-refractivity contribution >= 4 is 11.9 Å². The van der Waals surface area contributed by atoms with Gasteiger partial charge < -0.3 is 15.0 Å². The van der Waals surface area contributed by atoms with Crippen molar-refractivity contribution in [1.82, 2.24) is 9.88 Å². The maximum absolute atomic E-state index is 12.5. The number of nitrogens with zero attached hydrogens (tertiary/aromatic N) is 2. The second kappa shape index (κ2) is 7.12. The fourth-order valence-corrected chi connectivity index (χ4v) is 4.57. The van der Waals surface area contributed by atoms with E-state index < -0.39 is 5.60 Å².